The van der Waals surface area contributed by atoms with Crippen LogP contribution in [0.2, 0.25) is 0 Å². The van der Waals surface area contributed by atoms with Gasteiger partial charge >= 0.3 is 32.6 Å². The van der Waals surface area contributed by atoms with Gasteiger partial charge in [-0.15, -0.1) is 0 Å². The summed E-state index contributed by atoms with van der Waals surface area (Å²) in [7, 11) is -6.05. The van der Waals surface area contributed by atoms with Gasteiger partial charge in [0.15, 0.2) is 0 Å². The predicted molar refractivity (Wildman–Crippen MR) is 88.1 cm³/mol. The molecule has 31 heavy (non-hydrogen) atoms. The van der Waals surface area contributed by atoms with Crippen molar-refractivity contribution in [1.82, 2.24) is 0 Å². The molecule has 4 bridgehead atoms. The van der Waals surface area contributed by atoms with Crippen LogP contribution in [0.25, 0.3) is 0 Å². The minimum absolute atomic E-state index is 0.119. The predicted octanol–water partition coefficient (Wildman–Crippen LogP) is 1.36. The van der Waals surface area contributed by atoms with Gasteiger partial charge in [0.25, 0.3) is 0 Å². The molecule has 0 amide bonds. The topological polar surface area (TPSA) is 148 Å². The maximum absolute atomic E-state index is 13.7. The second-order valence-electron chi connectivity index (χ2n) is 8.34. The molecule has 178 valence electrons. The maximum atomic E-state index is 13.7. The number of halogens is 4. The van der Waals surface area contributed by atoms with Crippen LogP contribution in [0.4, 0.5) is 17.6 Å². The van der Waals surface area contributed by atoms with E-state index in [1.807, 2.05) is 0 Å². The molecule has 0 aromatic rings. The molecule has 0 aromatic carbocycles. The van der Waals surface area contributed by atoms with E-state index >= 15 is 0 Å². The zero-order valence-corrected chi connectivity index (χ0v) is 17.2. The molecule has 2 atom stereocenters. The molecule has 4 rings (SSSR count). The van der Waals surface area contributed by atoms with Gasteiger partial charge in [0.2, 0.25) is 0 Å². The lowest BCUT2D eigenvalue weighted by atomic mass is 9.48. The summed E-state index contributed by atoms with van der Waals surface area (Å²) in [6.07, 6.45) is 1.62. The average molecular weight is 497 g/mol. The highest BCUT2D eigenvalue weighted by atomic mass is 32.2. The number of alkyl halides is 4. The number of carbonyl (C=O) groups excluding carboxylic acids is 2. The van der Waals surface area contributed by atoms with Crippen LogP contribution in [0.3, 0.4) is 0 Å². The molecule has 0 heterocycles. The first-order valence-corrected chi connectivity index (χ1v) is 11.1. The van der Waals surface area contributed by atoms with Crippen molar-refractivity contribution in [2.75, 3.05) is 6.61 Å². The van der Waals surface area contributed by atoms with Crippen LogP contribution in [-0.4, -0.2) is 47.6 Å². The molecule has 4 aliphatic rings. The Morgan fingerprint density at radius 2 is 1.68 bits per heavy atom. The summed E-state index contributed by atoms with van der Waals surface area (Å²) in [5.41, 5.74) is -2.46. The number of hydrogen-bond acceptors (Lipinski definition) is 10. The molecule has 4 aliphatic carbocycles. The second-order valence-corrected chi connectivity index (χ2v) is 10.6. The highest BCUT2D eigenvalue weighted by Gasteiger charge is 2.63. The summed E-state index contributed by atoms with van der Waals surface area (Å²) in [5.74, 6) is -4.76. The van der Waals surface area contributed by atoms with Crippen LogP contribution in [0, 0.1) is 17.3 Å². The maximum Gasteiger partial charge on any atom is 0.465 e. The van der Waals surface area contributed by atoms with Gasteiger partial charge in [-0.25, -0.2) is 9.59 Å². The monoisotopic (exact) mass is 497 g/mol. The normalized spacial score (nSPS) is 32.7. The minimum atomic E-state index is -6.05. The van der Waals surface area contributed by atoms with Crippen LogP contribution in [0.5, 0.6) is 0 Å². The zero-order valence-electron chi connectivity index (χ0n) is 15.6. The number of hydrogen-bond donors (Lipinski definition) is 1. The molecular weight excluding hydrogens is 480 g/mol. The van der Waals surface area contributed by atoms with Crippen LogP contribution in [0.15, 0.2) is 0 Å². The molecular formula is C15H17F4O10S2-. The molecule has 10 nitrogen and oxygen atoms in total. The summed E-state index contributed by atoms with van der Waals surface area (Å²) in [4.78, 5) is 23.5. The Kier molecular flexibility index (Phi) is 6.30. The van der Waals surface area contributed by atoms with E-state index in [9.17, 15) is 40.8 Å². The number of esters is 2. The standard InChI is InChI=1S/C15H18F4O10S2/c16-14(17,30-29-28-22)10(20)26-7-12-2-8-1-9(3-12)5-13(4-8,6-12)27-11(21)15(18,19)31(23,24)25/h8-9,22H,1-7H2,(H,23,24,25)/p-1. The molecule has 4 saturated carbocycles. The SMILES string of the molecule is O=C(OCC12CC3CC(C1)CC(OC(=O)C(F)(F)S(=O)(=O)O)(C3)C2)C(F)(F)SOO[O-]. The van der Waals surface area contributed by atoms with Gasteiger partial charge in [0.05, 0.1) is 6.61 Å². The minimum Gasteiger partial charge on any atom is -0.691 e. The number of ether oxygens (including phenoxy) is 2. The molecule has 16 heteroatoms. The second kappa shape index (κ2) is 7.98. The summed E-state index contributed by atoms with van der Waals surface area (Å²) < 4.78 is 97.8. The van der Waals surface area contributed by atoms with Crippen molar-refractivity contribution in [3.05, 3.63) is 0 Å². The van der Waals surface area contributed by atoms with Gasteiger partial charge in [0, 0.05) is 5.41 Å². The van der Waals surface area contributed by atoms with Gasteiger partial charge in [-0.3, -0.25) is 9.59 Å². The Morgan fingerprint density at radius 1 is 1.10 bits per heavy atom. The fourth-order valence-electron chi connectivity index (χ4n) is 5.41. The van der Waals surface area contributed by atoms with Crippen LogP contribution in [-0.2, 0) is 38.6 Å². The van der Waals surface area contributed by atoms with Crippen molar-refractivity contribution < 1.29 is 64.2 Å². The number of carbonyl (C=O) groups is 2. The Morgan fingerprint density at radius 3 is 2.19 bits per heavy atom. The highest BCUT2D eigenvalue weighted by Crippen LogP contribution is 2.63. The lowest BCUT2D eigenvalue weighted by Gasteiger charge is -2.60. The molecule has 0 aliphatic heterocycles. The molecule has 4 fully saturated rings. The first kappa shape index (κ1) is 24.4. The summed E-state index contributed by atoms with van der Waals surface area (Å²) >= 11 is -0.859. The lowest BCUT2D eigenvalue weighted by molar-refractivity contribution is -0.777. The van der Waals surface area contributed by atoms with Gasteiger partial charge in [-0.1, -0.05) is 0 Å². The zero-order chi connectivity index (χ0) is 23.3. The first-order valence-electron chi connectivity index (χ1n) is 8.91. The number of rotatable bonds is 9. The molecule has 0 aromatic heterocycles. The Bertz CT molecular complexity index is 835. The van der Waals surface area contributed by atoms with Crippen LogP contribution < -0.4 is 5.26 Å². The van der Waals surface area contributed by atoms with Gasteiger partial charge in [0.1, 0.15) is 17.6 Å². The van der Waals surface area contributed by atoms with Crippen molar-refractivity contribution in [2.45, 2.75) is 54.6 Å². The van der Waals surface area contributed by atoms with Crippen molar-refractivity contribution >= 4 is 34.1 Å². The third-order valence-corrected chi connectivity index (χ3v) is 7.23. The van der Waals surface area contributed by atoms with E-state index in [1.165, 1.54) is 0 Å². The van der Waals surface area contributed by atoms with E-state index in [0.29, 0.717) is 19.3 Å². The smallest absolute Gasteiger partial charge is 0.465 e. The van der Waals surface area contributed by atoms with E-state index in [2.05, 4.69) is 14.1 Å². The van der Waals surface area contributed by atoms with Gasteiger partial charge < -0.3 is 14.7 Å². The van der Waals surface area contributed by atoms with E-state index in [4.69, 9.17) is 9.29 Å². The Hall–Kier alpha value is -1.20. The average Bonchev–Trinajstić information content (AvgIpc) is 2.62. The summed E-state index contributed by atoms with van der Waals surface area (Å²) in [6, 6.07) is 0. The quantitative estimate of drug-likeness (QED) is 0.123. The summed E-state index contributed by atoms with van der Waals surface area (Å²) in [5, 5.41) is 3.01. The van der Waals surface area contributed by atoms with Crippen LogP contribution >= 0.6 is 12.0 Å². The first-order chi connectivity index (χ1) is 14.1. The molecule has 0 spiro atoms. The molecule has 2 unspecified atom stereocenters. The lowest BCUT2D eigenvalue weighted by Crippen LogP contribution is -2.60. The third kappa shape index (κ3) is 4.78. The highest BCUT2D eigenvalue weighted by molar-refractivity contribution is 7.96. The summed E-state index contributed by atoms with van der Waals surface area (Å²) in [6.45, 7) is -0.540. The fourth-order valence-corrected chi connectivity index (χ4v) is 5.90. The van der Waals surface area contributed by atoms with E-state index in [1.54, 1.807) is 0 Å². The van der Waals surface area contributed by atoms with E-state index < -0.39 is 62.2 Å². The van der Waals surface area contributed by atoms with Crippen molar-refractivity contribution in [3.8, 4) is 0 Å². The Balaban J connectivity index is 1.73. The molecule has 0 radical (unpaired) electrons. The third-order valence-electron chi connectivity index (χ3n) is 5.91. The van der Waals surface area contributed by atoms with Gasteiger partial charge in [-0.05, 0) is 50.4 Å². The Labute approximate surface area is 177 Å². The molecule has 1 N–H and O–H groups in total. The van der Waals surface area contributed by atoms with Crippen molar-refractivity contribution in [1.29, 1.82) is 0 Å². The largest absolute Gasteiger partial charge is 0.691 e. The van der Waals surface area contributed by atoms with Crippen LogP contribution in [0.1, 0.15) is 38.5 Å². The molecule has 0 saturated heterocycles. The van der Waals surface area contributed by atoms with Crippen molar-refractivity contribution in [3.63, 3.8) is 0 Å². The van der Waals surface area contributed by atoms with E-state index in [-0.39, 0.29) is 31.1 Å². The van der Waals surface area contributed by atoms with Crippen molar-refractivity contribution in [2.24, 2.45) is 17.3 Å². The van der Waals surface area contributed by atoms with E-state index in [0.717, 1.165) is 0 Å². The van der Waals surface area contributed by atoms with Gasteiger partial charge in [-0.2, -0.15) is 30.3 Å². The fraction of sp³-hybridized carbons (Fsp3) is 0.867.